The third-order valence-corrected chi connectivity index (χ3v) is 10.5. The normalized spacial score (nSPS) is 22.0. The largest absolute Gasteiger partial charge is 0.481 e. The van der Waals surface area contributed by atoms with E-state index in [2.05, 4.69) is 10.0 Å². The van der Waals surface area contributed by atoms with Gasteiger partial charge in [0.15, 0.2) is 0 Å². The Morgan fingerprint density at radius 1 is 1.07 bits per heavy atom. The maximum absolute atomic E-state index is 14.3. The lowest BCUT2D eigenvalue weighted by atomic mass is 9.76. The Labute approximate surface area is 270 Å². The van der Waals surface area contributed by atoms with Gasteiger partial charge in [-0.2, -0.15) is 0 Å². The first-order valence-corrected chi connectivity index (χ1v) is 17.8. The minimum Gasteiger partial charge on any atom is -0.481 e. The number of benzene rings is 2. The average molecular weight is 679 g/mol. The first-order valence-electron chi connectivity index (χ1n) is 14.3. The van der Waals surface area contributed by atoms with Crippen LogP contribution in [0.5, 0.6) is 0 Å². The van der Waals surface area contributed by atoms with Crippen molar-refractivity contribution < 1.29 is 27.9 Å². The van der Waals surface area contributed by atoms with Crippen LogP contribution in [0, 0.1) is 0 Å². The number of halogens is 2. The number of carboxylic acid groups (broad SMARTS) is 1. The molecule has 234 valence electrons. The Balaban J connectivity index is 1.54. The Kier molecular flexibility index (Phi) is 10.0. The summed E-state index contributed by atoms with van der Waals surface area (Å²) in [4.78, 5) is 42.2. The summed E-state index contributed by atoms with van der Waals surface area (Å²) in [5.74, 6) is -2.36. The lowest BCUT2D eigenvalue weighted by molar-refractivity contribution is -0.136. The summed E-state index contributed by atoms with van der Waals surface area (Å²) < 4.78 is 27.5. The summed E-state index contributed by atoms with van der Waals surface area (Å²) in [6.07, 6.45) is 4.23. The van der Waals surface area contributed by atoms with Gasteiger partial charge in [-0.25, -0.2) is 13.1 Å². The third-order valence-electron chi connectivity index (χ3n) is 8.13. The molecule has 9 nitrogen and oxygen atoms in total. The third kappa shape index (κ3) is 7.29. The Hall–Kier alpha value is -2.96. The monoisotopic (exact) mass is 677 g/mol. The van der Waals surface area contributed by atoms with E-state index in [9.17, 15) is 22.8 Å². The number of carbonyl (C=O) groups is 3. The summed E-state index contributed by atoms with van der Waals surface area (Å²) >= 11 is 14.5. The van der Waals surface area contributed by atoms with E-state index in [4.69, 9.17) is 28.3 Å². The molecule has 2 heterocycles. The molecule has 0 bridgehead atoms. The summed E-state index contributed by atoms with van der Waals surface area (Å²) in [6, 6.07) is 11.9. The second-order valence-electron chi connectivity index (χ2n) is 11.3. The fourth-order valence-corrected chi connectivity index (χ4v) is 8.61. The first kappa shape index (κ1) is 32.4. The molecule has 3 N–H and O–H groups in total. The molecule has 44 heavy (non-hydrogen) atoms. The number of rotatable bonds is 10. The molecule has 0 radical (unpaired) electrons. The quantitative estimate of drug-likeness (QED) is 0.271. The highest BCUT2D eigenvalue weighted by atomic mass is 35.5. The van der Waals surface area contributed by atoms with E-state index in [1.165, 1.54) is 11.3 Å². The number of hydrogen-bond donors (Lipinski definition) is 3. The van der Waals surface area contributed by atoms with Gasteiger partial charge in [-0.3, -0.25) is 14.4 Å². The van der Waals surface area contributed by atoms with Gasteiger partial charge < -0.3 is 15.3 Å². The lowest BCUT2D eigenvalue weighted by Gasteiger charge is -2.49. The van der Waals surface area contributed by atoms with Gasteiger partial charge >= 0.3 is 5.97 Å². The average Bonchev–Trinajstić information content (AvgIpc) is 3.39. The first-order chi connectivity index (χ1) is 20.9. The van der Waals surface area contributed by atoms with Crippen LogP contribution in [0.3, 0.4) is 0 Å². The fraction of sp³-hybridized carbons (Fsp3) is 0.387. The van der Waals surface area contributed by atoms with Crippen LogP contribution in [0.1, 0.15) is 69.6 Å². The van der Waals surface area contributed by atoms with Crippen molar-refractivity contribution in [2.24, 2.45) is 0 Å². The summed E-state index contributed by atoms with van der Waals surface area (Å²) in [5, 5.41) is 14.6. The summed E-state index contributed by atoms with van der Waals surface area (Å²) in [5.41, 5.74) is 2.19. The summed E-state index contributed by atoms with van der Waals surface area (Å²) in [6.45, 7) is 0.293. The van der Waals surface area contributed by atoms with Gasteiger partial charge in [-0.1, -0.05) is 60.3 Å². The molecule has 2 aliphatic rings. The van der Waals surface area contributed by atoms with E-state index in [1.807, 2.05) is 6.07 Å². The molecule has 4 atom stereocenters. The molecular formula is C31H33Cl2N3O6S2. The van der Waals surface area contributed by atoms with E-state index in [0.717, 1.165) is 24.0 Å². The van der Waals surface area contributed by atoms with Crippen LogP contribution in [0.2, 0.25) is 10.0 Å². The smallest absolute Gasteiger partial charge is 0.307 e. The predicted octanol–water partition coefficient (Wildman–Crippen LogP) is 5.18. The number of amides is 2. The van der Waals surface area contributed by atoms with Crippen molar-refractivity contribution in [1.29, 1.82) is 0 Å². The molecule has 0 unspecified atom stereocenters. The summed E-state index contributed by atoms with van der Waals surface area (Å²) in [7, 11) is -3.58. The second-order valence-corrected chi connectivity index (χ2v) is 14.9. The predicted molar refractivity (Wildman–Crippen MR) is 171 cm³/mol. The van der Waals surface area contributed by atoms with Crippen molar-refractivity contribution in [3.05, 3.63) is 91.1 Å². The molecule has 0 saturated heterocycles. The van der Waals surface area contributed by atoms with E-state index in [-0.39, 0.29) is 18.2 Å². The van der Waals surface area contributed by atoms with Crippen LogP contribution in [0.15, 0.2) is 53.9 Å². The van der Waals surface area contributed by atoms with Crippen LogP contribution in [-0.4, -0.2) is 61.1 Å². The van der Waals surface area contributed by atoms with Gasteiger partial charge in [0.2, 0.25) is 15.9 Å². The minimum absolute atomic E-state index is 0.0640. The highest BCUT2D eigenvalue weighted by molar-refractivity contribution is 7.88. The topological polar surface area (TPSA) is 133 Å². The van der Waals surface area contributed by atoms with Crippen molar-refractivity contribution in [2.75, 3.05) is 12.8 Å². The molecule has 1 fully saturated rings. The molecule has 1 saturated carbocycles. The highest BCUT2D eigenvalue weighted by Gasteiger charge is 2.49. The van der Waals surface area contributed by atoms with Crippen LogP contribution < -0.4 is 10.0 Å². The number of nitrogens with one attached hydrogen (secondary N) is 2. The van der Waals surface area contributed by atoms with Crippen LogP contribution in [0.25, 0.3) is 0 Å². The van der Waals surface area contributed by atoms with Gasteiger partial charge in [0.1, 0.15) is 0 Å². The van der Waals surface area contributed by atoms with E-state index in [1.54, 1.807) is 52.7 Å². The molecule has 0 spiro atoms. The minimum atomic E-state index is -3.58. The van der Waals surface area contributed by atoms with Crippen LogP contribution in [-0.2, 0) is 32.5 Å². The van der Waals surface area contributed by atoms with Crippen molar-refractivity contribution in [3.8, 4) is 0 Å². The van der Waals surface area contributed by atoms with Gasteiger partial charge in [-0.15, -0.1) is 11.3 Å². The molecule has 3 aromatic rings. The van der Waals surface area contributed by atoms with Crippen molar-refractivity contribution in [1.82, 2.24) is 14.9 Å². The van der Waals surface area contributed by atoms with Gasteiger partial charge in [0.05, 0.1) is 24.6 Å². The molecule has 1 aliphatic carbocycles. The van der Waals surface area contributed by atoms with Gasteiger partial charge in [0, 0.05) is 39.1 Å². The van der Waals surface area contributed by atoms with Crippen molar-refractivity contribution >= 4 is 62.3 Å². The van der Waals surface area contributed by atoms with E-state index < -0.39 is 40.0 Å². The molecular weight excluding hydrogens is 645 g/mol. The molecule has 13 heteroatoms. The Bertz CT molecular complexity index is 1680. The van der Waals surface area contributed by atoms with Gasteiger partial charge in [0.25, 0.3) is 5.91 Å². The maximum atomic E-state index is 14.3. The zero-order valence-electron chi connectivity index (χ0n) is 24.0. The SMILES string of the molecule is CS(=O)(=O)N[C@H]1CCCC[C@@H]1N1C(=O)c2ccccc2[C@@H](C(=O)NCCc2cc(CC(=O)O)cs2)[C@@H]1c1ccc(Cl)cc1Cl. The number of aliphatic carboxylic acids is 1. The Morgan fingerprint density at radius 3 is 2.55 bits per heavy atom. The van der Waals surface area contributed by atoms with Crippen molar-refractivity contribution in [3.63, 3.8) is 0 Å². The lowest BCUT2D eigenvalue weighted by Crippen LogP contribution is -2.59. The maximum Gasteiger partial charge on any atom is 0.307 e. The molecule has 2 amide bonds. The van der Waals surface area contributed by atoms with Crippen LogP contribution in [0.4, 0.5) is 0 Å². The second kappa shape index (κ2) is 13.6. The number of carbonyl (C=O) groups excluding carboxylic acids is 2. The number of thiophene rings is 1. The molecule has 1 aliphatic heterocycles. The fourth-order valence-electron chi connectivity index (χ4n) is 6.37. The zero-order valence-corrected chi connectivity index (χ0v) is 27.1. The number of sulfonamides is 1. The number of fused-ring (bicyclic) bond motifs is 1. The van der Waals surface area contributed by atoms with Crippen LogP contribution >= 0.6 is 34.5 Å². The number of nitrogens with zero attached hydrogens (tertiary/aromatic N) is 1. The van der Waals surface area contributed by atoms with E-state index in [0.29, 0.717) is 58.1 Å². The zero-order chi connectivity index (χ0) is 31.6. The molecule has 5 rings (SSSR count). The Morgan fingerprint density at radius 2 is 1.82 bits per heavy atom. The molecule has 1 aromatic heterocycles. The van der Waals surface area contributed by atoms with E-state index >= 15 is 0 Å². The highest BCUT2D eigenvalue weighted by Crippen LogP contribution is 2.47. The van der Waals surface area contributed by atoms with Gasteiger partial charge in [-0.05, 0) is 65.6 Å². The number of carboxylic acids is 1. The molecule has 2 aromatic carbocycles. The standard InChI is InChI=1S/C31H33Cl2N3O6S2/c1-44(41,42)35-25-8-4-5-9-26(25)36-29(23-11-10-19(32)16-24(23)33)28(21-6-2-3-7-22(21)31(36)40)30(39)34-13-12-20-14-18(17-43-20)15-27(37)38/h2-3,6-7,10-11,14,16-17,25-26,28-29,35H,4-5,8-9,12-13,15H2,1H3,(H,34,39)(H,37,38)/t25-,26-,28+,29-/m0/s1. The number of hydrogen-bond acceptors (Lipinski definition) is 6. The van der Waals surface area contributed by atoms with Crippen molar-refractivity contribution in [2.45, 2.75) is 62.6 Å².